The van der Waals surface area contributed by atoms with Crippen LogP contribution in [0.25, 0.3) is 0 Å². The van der Waals surface area contributed by atoms with Crippen LogP contribution in [-0.4, -0.2) is 35.0 Å². The van der Waals surface area contributed by atoms with E-state index in [2.05, 4.69) is 26.6 Å². The fourth-order valence-electron chi connectivity index (χ4n) is 3.03. The fraction of sp³-hybridized carbons (Fsp3) is 0.368. The second-order valence-corrected chi connectivity index (χ2v) is 6.34. The summed E-state index contributed by atoms with van der Waals surface area (Å²) in [5.41, 5.74) is 3.07. The van der Waals surface area contributed by atoms with Gasteiger partial charge in [-0.1, -0.05) is 18.2 Å². The first kappa shape index (κ1) is 16.5. The van der Waals surface area contributed by atoms with Crippen molar-refractivity contribution in [1.82, 2.24) is 15.2 Å². The lowest BCUT2D eigenvalue weighted by molar-refractivity contribution is 0.188. The maximum Gasteiger partial charge on any atom is 0.319 e. The molecule has 2 amide bonds. The Hall–Kier alpha value is -2.40. The van der Waals surface area contributed by atoms with Gasteiger partial charge in [-0.05, 0) is 49.6 Å². The molecule has 2 heterocycles. The molecule has 126 valence electrons. The van der Waals surface area contributed by atoms with E-state index in [9.17, 15) is 4.79 Å². The summed E-state index contributed by atoms with van der Waals surface area (Å²) in [6.07, 6.45) is 3.77. The minimum atomic E-state index is -0.122. The summed E-state index contributed by atoms with van der Waals surface area (Å²) in [7, 11) is 0. The SMILES string of the molecule is Cc1cccc(NC(=O)NC2CCN(Cc3ccccn3)CC2)c1. The molecule has 0 saturated carbocycles. The van der Waals surface area contributed by atoms with Crippen LogP contribution in [0, 0.1) is 6.92 Å². The number of hydrogen-bond donors (Lipinski definition) is 2. The highest BCUT2D eigenvalue weighted by Crippen LogP contribution is 2.14. The summed E-state index contributed by atoms with van der Waals surface area (Å²) < 4.78 is 0. The molecule has 0 aliphatic carbocycles. The van der Waals surface area contributed by atoms with Crippen LogP contribution in [0.2, 0.25) is 0 Å². The van der Waals surface area contributed by atoms with E-state index in [1.54, 1.807) is 0 Å². The molecule has 24 heavy (non-hydrogen) atoms. The van der Waals surface area contributed by atoms with E-state index < -0.39 is 0 Å². The summed E-state index contributed by atoms with van der Waals surface area (Å²) in [5, 5.41) is 5.99. The molecular weight excluding hydrogens is 300 g/mol. The van der Waals surface area contributed by atoms with Gasteiger partial charge in [-0.25, -0.2) is 4.79 Å². The summed E-state index contributed by atoms with van der Waals surface area (Å²) in [6.45, 7) is 4.85. The quantitative estimate of drug-likeness (QED) is 0.908. The van der Waals surface area contributed by atoms with Crippen molar-refractivity contribution in [2.24, 2.45) is 0 Å². The van der Waals surface area contributed by atoms with Gasteiger partial charge in [0.2, 0.25) is 0 Å². The topological polar surface area (TPSA) is 57.3 Å². The molecule has 1 aliphatic heterocycles. The summed E-state index contributed by atoms with van der Waals surface area (Å²) in [5.74, 6) is 0. The highest BCUT2D eigenvalue weighted by atomic mass is 16.2. The van der Waals surface area contributed by atoms with Crippen molar-refractivity contribution in [3.05, 3.63) is 59.9 Å². The Bertz CT molecular complexity index is 666. The highest BCUT2D eigenvalue weighted by molar-refractivity contribution is 5.89. The second kappa shape index (κ2) is 7.93. The van der Waals surface area contributed by atoms with Gasteiger partial charge >= 0.3 is 6.03 Å². The Balaban J connectivity index is 1.42. The van der Waals surface area contributed by atoms with Crippen LogP contribution in [0.4, 0.5) is 10.5 Å². The van der Waals surface area contributed by atoms with Crippen molar-refractivity contribution < 1.29 is 4.79 Å². The first-order valence-electron chi connectivity index (χ1n) is 8.45. The zero-order chi connectivity index (χ0) is 16.8. The lowest BCUT2D eigenvalue weighted by Gasteiger charge is -2.32. The summed E-state index contributed by atoms with van der Waals surface area (Å²) >= 11 is 0. The van der Waals surface area contributed by atoms with Gasteiger partial charge in [0.15, 0.2) is 0 Å². The number of amides is 2. The smallest absolute Gasteiger partial charge is 0.319 e. The predicted octanol–water partition coefficient (Wildman–Crippen LogP) is 3.18. The van der Waals surface area contributed by atoms with Crippen molar-refractivity contribution in [2.45, 2.75) is 32.4 Å². The van der Waals surface area contributed by atoms with E-state index in [-0.39, 0.29) is 12.1 Å². The Morgan fingerprint density at radius 2 is 2.04 bits per heavy atom. The Morgan fingerprint density at radius 3 is 2.75 bits per heavy atom. The standard InChI is InChI=1S/C19H24N4O/c1-15-5-4-7-17(13-15)22-19(24)21-16-8-11-23(12-9-16)14-18-6-2-3-10-20-18/h2-7,10,13,16H,8-9,11-12,14H2,1H3,(H2,21,22,24). The number of carbonyl (C=O) groups excluding carboxylic acids is 1. The van der Waals surface area contributed by atoms with Crippen LogP contribution in [0.5, 0.6) is 0 Å². The number of nitrogens with one attached hydrogen (secondary N) is 2. The second-order valence-electron chi connectivity index (χ2n) is 6.34. The van der Waals surface area contributed by atoms with Gasteiger partial charge < -0.3 is 10.6 Å². The number of carbonyl (C=O) groups is 1. The van der Waals surface area contributed by atoms with E-state index in [1.807, 2.05) is 49.5 Å². The van der Waals surface area contributed by atoms with Crippen molar-refractivity contribution in [3.8, 4) is 0 Å². The van der Waals surface area contributed by atoms with Crippen LogP contribution in [0.15, 0.2) is 48.7 Å². The van der Waals surface area contributed by atoms with Gasteiger partial charge in [-0.2, -0.15) is 0 Å². The van der Waals surface area contributed by atoms with Crippen molar-refractivity contribution in [3.63, 3.8) is 0 Å². The van der Waals surface area contributed by atoms with Crippen molar-refractivity contribution >= 4 is 11.7 Å². The molecule has 2 N–H and O–H groups in total. The first-order valence-corrected chi connectivity index (χ1v) is 8.45. The number of nitrogens with zero attached hydrogens (tertiary/aromatic N) is 2. The molecule has 1 aromatic heterocycles. The normalized spacial score (nSPS) is 15.9. The molecule has 1 saturated heterocycles. The van der Waals surface area contributed by atoms with Gasteiger partial charge in [0.05, 0.1) is 5.69 Å². The zero-order valence-corrected chi connectivity index (χ0v) is 14.0. The molecule has 2 aromatic rings. The van der Waals surface area contributed by atoms with Crippen LogP contribution in [-0.2, 0) is 6.54 Å². The van der Waals surface area contributed by atoms with Gasteiger partial charge in [-0.3, -0.25) is 9.88 Å². The molecular formula is C19H24N4O. The van der Waals surface area contributed by atoms with Gasteiger partial charge in [-0.15, -0.1) is 0 Å². The summed E-state index contributed by atoms with van der Waals surface area (Å²) in [6, 6.07) is 14.0. The minimum Gasteiger partial charge on any atom is -0.335 e. The van der Waals surface area contributed by atoms with E-state index in [0.29, 0.717) is 0 Å². The molecule has 3 rings (SSSR count). The van der Waals surface area contributed by atoms with Crippen LogP contribution in [0.1, 0.15) is 24.1 Å². The number of aryl methyl sites for hydroxylation is 1. The molecule has 0 radical (unpaired) electrons. The molecule has 5 heteroatoms. The van der Waals surface area contributed by atoms with E-state index >= 15 is 0 Å². The lowest BCUT2D eigenvalue weighted by atomic mass is 10.1. The van der Waals surface area contributed by atoms with Gasteiger partial charge in [0.1, 0.15) is 0 Å². The van der Waals surface area contributed by atoms with Gasteiger partial charge in [0, 0.05) is 37.6 Å². The zero-order valence-electron chi connectivity index (χ0n) is 14.0. The Kier molecular flexibility index (Phi) is 5.43. The van der Waals surface area contributed by atoms with E-state index in [4.69, 9.17) is 0 Å². The first-order chi connectivity index (χ1) is 11.7. The number of hydrogen-bond acceptors (Lipinski definition) is 3. The highest BCUT2D eigenvalue weighted by Gasteiger charge is 2.20. The molecule has 0 atom stereocenters. The number of aromatic nitrogens is 1. The Morgan fingerprint density at radius 1 is 1.21 bits per heavy atom. The molecule has 1 fully saturated rings. The number of benzene rings is 1. The lowest BCUT2D eigenvalue weighted by Crippen LogP contribution is -2.45. The number of urea groups is 1. The maximum absolute atomic E-state index is 12.1. The fourth-order valence-corrected chi connectivity index (χ4v) is 3.03. The summed E-state index contributed by atoms with van der Waals surface area (Å²) in [4.78, 5) is 18.9. The van der Waals surface area contributed by atoms with Crippen molar-refractivity contribution in [1.29, 1.82) is 0 Å². The number of rotatable bonds is 4. The predicted molar refractivity (Wildman–Crippen MR) is 95.9 cm³/mol. The molecule has 0 bridgehead atoms. The van der Waals surface area contributed by atoms with E-state index in [0.717, 1.165) is 49.4 Å². The number of pyridine rings is 1. The number of likely N-dealkylation sites (tertiary alicyclic amines) is 1. The molecule has 5 nitrogen and oxygen atoms in total. The molecule has 0 unspecified atom stereocenters. The minimum absolute atomic E-state index is 0.122. The number of piperidine rings is 1. The van der Waals surface area contributed by atoms with E-state index in [1.165, 1.54) is 0 Å². The molecule has 1 aromatic carbocycles. The van der Waals surface area contributed by atoms with Crippen LogP contribution >= 0.6 is 0 Å². The van der Waals surface area contributed by atoms with Gasteiger partial charge in [0.25, 0.3) is 0 Å². The largest absolute Gasteiger partial charge is 0.335 e. The average Bonchev–Trinajstić information content (AvgIpc) is 2.57. The van der Waals surface area contributed by atoms with Crippen LogP contribution in [0.3, 0.4) is 0 Å². The maximum atomic E-state index is 12.1. The third-order valence-electron chi connectivity index (χ3n) is 4.31. The molecule has 0 spiro atoms. The Labute approximate surface area is 143 Å². The third-order valence-corrected chi connectivity index (χ3v) is 4.31. The monoisotopic (exact) mass is 324 g/mol. The molecule has 1 aliphatic rings. The number of anilines is 1. The average molecular weight is 324 g/mol. The van der Waals surface area contributed by atoms with Crippen molar-refractivity contribution in [2.75, 3.05) is 18.4 Å². The van der Waals surface area contributed by atoms with Crippen LogP contribution < -0.4 is 10.6 Å². The third kappa shape index (κ3) is 4.80.